The Morgan fingerprint density at radius 3 is 2.42 bits per heavy atom. The highest BCUT2D eigenvalue weighted by Gasteiger charge is 2.37. The molecule has 0 atom stereocenters. The Bertz CT molecular complexity index is 1010. The quantitative estimate of drug-likeness (QED) is 0.779. The predicted molar refractivity (Wildman–Crippen MR) is 112 cm³/mol. The van der Waals surface area contributed by atoms with E-state index in [0.717, 1.165) is 11.3 Å². The number of aliphatic carboxylic acids is 1. The molecular weight excluding hydrogens is 404 g/mol. The van der Waals surface area contributed by atoms with Crippen LogP contribution in [0.2, 0.25) is 0 Å². The zero-order valence-corrected chi connectivity index (χ0v) is 18.2. The van der Waals surface area contributed by atoms with Gasteiger partial charge in [-0.2, -0.15) is 0 Å². The summed E-state index contributed by atoms with van der Waals surface area (Å²) in [5, 5.41) is 9.03. The van der Waals surface area contributed by atoms with E-state index in [1.165, 1.54) is 4.90 Å². The van der Waals surface area contributed by atoms with Crippen molar-refractivity contribution in [3.8, 4) is 0 Å². The topological polar surface area (TPSA) is 75.4 Å². The number of aromatic nitrogens is 2. The van der Waals surface area contributed by atoms with Crippen molar-refractivity contribution in [2.24, 2.45) is 11.8 Å². The van der Waals surface area contributed by atoms with Gasteiger partial charge in [0.2, 0.25) is 5.92 Å². The molecule has 0 spiro atoms. The van der Waals surface area contributed by atoms with Crippen molar-refractivity contribution in [2.45, 2.75) is 64.3 Å². The van der Waals surface area contributed by atoms with Gasteiger partial charge in [-0.3, -0.25) is 9.59 Å². The second-order valence-electron chi connectivity index (χ2n) is 10.0. The van der Waals surface area contributed by atoms with Gasteiger partial charge in [0.25, 0.3) is 5.91 Å². The standard InChI is InChI=1S/C23H29F2N3O3/c1-22(2,3)21-26-17-10-15(19(29)27-12-16(13-27)20(30)31)4-5-18(17)28(21)11-14-6-8-23(24,25)9-7-14/h4-5,10,14,16H,6-9,11-13H2,1-3H3,(H,30,31). The van der Waals surface area contributed by atoms with Crippen LogP contribution in [0.1, 0.15) is 62.6 Å². The van der Waals surface area contributed by atoms with Crippen molar-refractivity contribution in [1.29, 1.82) is 0 Å². The van der Waals surface area contributed by atoms with Gasteiger partial charge in [-0.25, -0.2) is 13.8 Å². The summed E-state index contributed by atoms with van der Waals surface area (Å²) in [4.78, 5) is 30.1. The normalized spacial score (nSPS) is 20.1. The Morgan fingerprint density at radius 2 is 1.84 bits per heavy atom. The van der Waals surface area contributed by atoms with Gasteiger partial charge >= 0.3 is 5.97 Å². The first-order chi connectivity index (χ1) is 14.4. The second kappa shape index (κ2) is 7.57. The summed E-state index contributed by atoms with van der Waals surface area (Å²) in [6, 6.07) is 5.38. The average Bonchev–Trinajstić information content (AvgIpc) is 3.00. The van der Waals surface area contributed by atoms with Gasteiger partial charge in [0, 0.05) is 43.5 Å². The molecule has 1 amide bonds. The molecule has 2 aromatic rings. The minimum Gasteiger partial charge on any atom is -0.481 e. The van der Waals surface area contributed by atoms with E-state index in [9.17, 15) is 18.4 Å². The summed E-state index contributed by atoms with van der Waals surface area (Å²) >= 11 is 0. The lowest BCUT2D eigenvalue weighted by atomic mass is 9.86. The molecule has 1 aliphatic heterocycles. The maximum Gasteiger partial charge on any atom is 0.310 e. The second-order valence-corrected chi connectivity index (χ2v) is 10.0. The fourth-order valence-corrected chi connectivity index (χ4v) is 4.54. The lowest BCUT2D eigenvalue weighted by Crippen LogP contribution is -2.53. The van der Waals surface area contributed by atoms with E-state index in [1.54, 1.807) is 12.1 Å². The number of amides is 1. The molecule has 168 valence electrons. The molecule has 1 saturated carbocycles. The number of carboxylic acids is 1. The molecule has 2 heterocycles. The summed E-state index contributed by atoms with van der Waals surface area (Å²) < 4.78 is 29.3. The molecule has 8 heteroatoms. The Balaban J connectivity index is 1.60. The van der Waals surface area contributed by atoms with Crippen LogP contribution in [0.15, 0.2) is 18.2 Å². The van der Waals surface area contributed by atoms with Gasteiger partial charge in [0.15, 0.2) is 0 Å². The first-order valence-electron chi connectivity index (χ1n) is 10.9. The number of likely N-dealkylation sites (tertiary alicyclic amines) is 1. The third-order valence-corrected chi connectivity index (χ3v) is 6.46. The molecule has 0 radical (unpaired) electrons. The lowest BCUT2D eigenvalue weighted by Gasteiger charge is -2.36. The minimum atomic E-state index is -2.55. The summed E-state index contributed by atoms with van der Waals surface area (Å²) in [5.41, 5.74) is 1.84. The highest BCUT2D eigenvalue weighted by Crippen LogP contribution is 2.38. The molecule has 6 nitrogen and oxygen atoms in total. The van der Waals surface area contributed by atoms with Crippen molar-refractivity contribution < 1.29 is 23.5 Å². The number of hydrogen-bond acceptors (Lipinski definition) is 3. The van der Waals surface area contributed by atoms with Crippen LogP contribution in [0.5, 0.6) is 0 Å². The van der Waals surface area contributed by atoms with Gasteiger partial charge < -0.3 is 14.6 Å². The number of fused-ring (bicyclic) bond motifs is 1. The molecule has 1 saturated heterocycles. The summed E-state index contributed by atoms with van der Waals surface area (Å²) in [5.74, 6) is -3.07. The maximum atomic E-state index is 13.6. The SMILES string of the molecule is CC(C)(C)c1nc2cc(C(=O)N3CC(C(=O)O)C3)ccc2n1CC1CCC(F)(F)CC1. The number of imidazole rings is 1. The zero-order valence-electron chi connectivity index (χ0n) is 18.2. The van der Waals surface area contributed by atoms with E-state index >= 15 is 0 Å². The predicted octanol–water partition coefficient (Wildman–Crippen LogP) is 4.32. The summed E-state index contributed by atoms with van der Waals surface area (Å²) in [7, 11) is 0. The Morgan fingerprint density at radius 1 is 1.19 bits per heavy atom. The molecule has 1 aliphatic carbocycles. The molecule has 2 aliphatic rings. The number of carbonyl (C=O) groups is 2. The smallest absolute Gasteiger partial charge is 0.310 e. The van der Waals surface area contributed by atoms with E-state index in [4.69, 9.17) is 10.1 Å². The van der Waals surface area contributed by atoms with Gasteiger partial charge in [-0.05, 0) is 37.0 Å². The van der Waals surface area contributed by atoms with E-state index < -0.39 is 17.8 Å². The molecule has 1 aromatic carbocycles. The molecule has 4 rings (SSSR count). The number of carbonyl (C=O) groups excluding carboxylic acids is 1. The van der Waals surface area contributed by atoms with Crippen molar-refractivity contribution in [1.82, 2.24) is 14.5 Å². The molecule has 2 fully saturated rings. The molecular formula is C23H29F2N3O3. The van der Waals surface area contributed by atoms with Crippen LogP contribution in [0.3, 0.4) is 0 Å². The molecule has 31 heavy (non-hydrogen) atoms. The molecule has 1 aromatic heterocycles. The molecule has 0 unspecified atom stereocenters. The van der Waals surface area contributed by atoms with Crippen molar-refractivity contribution in [2.75, 3.05) is 13.1 Å². The van der Waals surface area contributed by atoms with Gasteiger partial charge in [0.1, 0.15) is 5.82 Å². The number of alkyl halides is 2. The Labute approximate surface area is 180 Å². The van der Waals surface area contributed by atoms with Crippen LogP contribution in [0.25, 0.3) is 11.0 Å². The highest BCUT2D eigenvalue weighted by molar-refractivity contribution is 5.98. The Kier molecular flexibility index (Phi) is 5.30. The van der Waals surface area contributed by atoms with E-state index in [1.807, 2.05) is 6.07 Å². The van der Waals surface area contributed by atoms with Crippen LogP contribution in [0.4, 0.5) is 8.78 Å². The summed E-state index contributed by atoms with van der Waals surface area (Å²) in [6.45, 7) is 7.28. The number of halogens is 2. The zero-order chi connectivity index (χ0) is 22.6. The van der Waals surface area contributed by atoms with Crippen molar-refractivity contribution in [3.05, 3.63) is 29.6 Å². The molecule has 0 bridgehead atoms. The molecule has 1 N–H and O–H groups in total. The van der Waals surface area contributed by atoms with Crippen LogP contribution in [-0.2, 0) is 16.8 Å². The fraction of sp³-hybridized carbons (Fsp3) is 0.609. The number of hydrogen-bond donors (Lipinski definition) is 1. The van der Waals surface area contributed by atoms with Crippen molar-refractivity contribution in [3.63, 3.8) is 0 Å². The first-order valence-corrected chi connectivity index (χ1v) is 10.9. The fourth-order valence-electron chi connectivity index (χ4n) is 4.54. The van der Waals surface area contributed by atoms with Crippen molar-refractivity contribution >= 4 is 22.9 Å². The number of carboxylic acid groups (broad SMARTS) is 1. The Hall–Kier alpha value is -2.51. The van der Waals surface area contributed by atoms with Gasteiger partial charge in [-0.1, -0.05) is 20.8 Å². The number of rotatable bonds is 4. The number of benzene rings is 1. The number of nitrogens with zero attached hydrogens (tertiary/aromatic N) is 3. The summed E-state index contributed by atoms with van der Waals surface area (Å²) in [6.07, 6.45) is 0.848. The van der Waals surface area contributed by atoms with Crippen LogP contribution in [0, 0.1) is 11.8 Å². The van der Waals surface area contributed by atoms with Crippen LogP contribution in [-0.4, -0.2) is 50.4 Å². The third kappa shape index (κ3) is 4.29. The lowest BCUT2D eigenvalue weighted by molar-refractivity contribution is -0.146. The monoisotopic (exact) mass is 433 g/mol. The minimum absolute atomic E-state index is 0.0685. The maximum absolute atomic E-state index is 13.6. The first kappa shape index (κ1) is 21.7. The van der Waals surface area contributed by atoms with Crippen LogP contribution < -0.4 is 0 Å². The van der Waals surface area contributed by atoms with Gasteiger partial charge in [-0.15, -0.1) is 0 Å². The van der Waals surface area contributed by atoms with E-state index in [-0.39, 0.29) is 43.2 Å². The highest BCUT2D eigenvalue weighted by atomic mass is 19.3. The third-order valence-electron chi connectivity index (χ3n) is 6.46. The van der Waals surface area contributed by atoms with Gasteiger partial charge in [0.05, 0.1) is 17.0 Å². The average molecular weight is 433 g/mol. The van der Waals surface area contributed by atoms with Crippen LogP contribution >= 0.6 is 0 Å². The largest absolute Gasteiger partial charge is 0.481 e. The van der Waals surface area contributed by atoms with E-state index in [0.29, 0.717) is 30.5 Å². The van der Waals surface area contributed by atoms with E-state index in [2.05, 4.69) is 25.3 Å².